The third kappa shape index (κ3) is 2.79. The molecule has 0 aliphatic rings. The van der Waals surface area contributed by atoms with E-state index in [1.54, 1.807) is 17.8 Å². The number of carboxylic acid groups (broad SMARTS) is 1. The quantitative estimate of drug-likeness (QED) is 0.896. The summed E-state index contributed by atoms with van der Waals surface area (Å²) in [4.78, 5) is 20.7. The van der Waals surface area contributed by atoms with E-state index in [-0.39, 0.29) is 6.42 Å². The van der Waals surface area contributed by atoms with Crippen LogP contribution in [0, 0.1) is 0 Å². The molecule has 88 valence electrons. The zero-order valence-electron chi connectivity index (χ0n) is 9.20. The molecule has 0 amide bonds. The number of rotatable bonds is 4. The van der Waals surface area contributed by atoms with Gasteiger partial charge < -0.3 is 10.0 Å². The maximum absolute atomic E-state index is 10.6. The van der Waals surface area contributed by atoms with Crippen molar-refractivity contribution in [2.75, 3.05) is 11.9 Å². The summed E-state index contributed by atoms with van der Waals surface area (Å²) >= 11 is 1.42. The van der Waals surface area contributed by atoms with Crippen LogP contribution in [-0.2, 0) is 11.2 Å². The fraction of sp³-hybridized carbons (Fsp3) is 0.182. The average molecular weight is 249 g/mol. The second kappa shape index (κ2) is 4.92. The molecule has 2 aromatic rings. The van der Waals surface area contributed by atoms with Crippen LogP contribution in [0.25, 0.3) is 0 Å². The Balaban J connectivity index is 2.17. The monoisotopic (exact) mass is 249 g/mol. The minimum Gasteiger partial charge on any atom is -0.481 e. The summed E-state index contributed by atoms with van der Waals surface area (Å²) in [6.45, 7) is 0. The Morgan fingerprint density at radius 1 is 1.59 bits per heavy atom. The fourth-order valence-electron chi connectivity index (χ4n) is 1.35. The molecule has 2 heterocycles. The molecule has 0 aliphatic carbocycles. The van der Waals surface area contributed by atoms with Crippen molar-refractivity contribution in [2.45, 2.75) is 6.42 Å². The summed E-state index contributed by atoms with van der Waals surface area (Å²) in [5.74, 6) is -0.870. The molecule has 17 heavy (non-hydrogen) atoms. The number of thiazole rings is 1. The zero-order chi connectivity index (χ0) is 12.3. The molecule has 0 unspecified atom stereocenters. The Labute approximate surface area is 102 Å². The Kier molecular flexibility index (Phi) is 3.34. The predicted molar refractivity (Wildman–Crippen MR) is 65.8 cm³/mol. The van der Waals surface area contributed by atoms with Gasteiger partial charge in [-0.15, -0.1) is 11.3 Å². The van der Waals surface area contributed by atoms with Gasteiger partial charge in [0, 0.05) is 18.6 Å². The number of anilines is 2. The molecule has 0 atom stereocenters. The second-order valence-electron chi connectivity index (χ2n) is 3.46. The van der Waals surface area contributed by atoms with Gasteiger partial charge in [0.1, 0.15) is 0 Å². The summed E-state index contributed by atoms with van der Waals surface area (Å²) in [7, 11) is 1.88. The third-order valence-corrected chi connectivity index (χ3v) is 3.16. The Hall–Kier alpha value is -1.95. The van der Waals surface area contributed by atoms with Crippen LogP contribution in [-0.4, -0.2) is 28.1 Å². The van der Waals surface area contributed by atoms with Crippen molar-refractivity contribution in [1.82, 2.24) is 9.97 Å². The molecule has 5 nitrogen and oxygen atoms in total. The van der Waals surface area contributed by atoms with E-state index in [9.17, 15) is 4.79 Å². The summed E-state index contributed by atoms with van der Waals surface area (Å²) in [5.41, 5.74) is 1.50. The number of pyridine rings is 1. The van der Waals surface area contributed by atoms with Gasteiger partial charge in [-0.1, -0.05) is 0 Å². The highest BCUT2D eigenvalue weighted by Crippen LogP contribution is 2.26. The first kappa shape index (κ1) is 11.5. The molecule has 0 radical (unpaired) electrons. The molecule has 0 spiro atoms. The number of carboxylic acids is 1. The molecule has 0 aromatic carbocycles. The molecular formula is C11H11N3O2S. The van der Waals surface area contributed by atoms with E-state index < -0.39 is 5.97 Å². The fourth-order valence-corrected chi connectivity index (χ4v) is 2.16. The Morgan fingerprint density at radius 3 is 3.06 bits per heavy atom. The van der Waals surface area contributed by atoms with Crippen LogP contribution in [0.4, 0.5) is 10.8 Å². The van der Waals surface area contributed by atoms with Crippen LogP contribution in [0.15, 0.2) is 29.9 Å². The molecule has 0 fully saturated rings. The third-order valence-electron chi connectivity index (χ3n) is 2.19. The van der Waals surface area contributed by atoms with Crippen LogP contribution in [0.3, 0.4) is 0 Å². The van der Waals surface area contributed by atoms with E-state index in [0.29, 0.717) is 5.69 Å². The van der Waals surface area contributed by atoms with Crippen molar-refractivity contribution >= 4 is 28.1 Å². The smallest absolute Gasteiger partial charge is 0.309 e. The zero-order valence-corrected chi connectivity index (χ0v) is 10.0. The van der Waals surface area contributed by atoms with E-state index in [1.165, 1.54) is 11.3 Å². The number of nitrogens with zero attached hydrogens (tertiary/aromatic N) is 3. The molecule has 0 bridgehead atoms. The van der Waals surface area contributed by atoms with E-state index in [4.69, 9.17) is 5.11 Å². The SMILES string of the molecule is CN(c1cccnc1)c1nc(CC(=O)O)cs1. The molecule has 6 heteroatoms. The molecule has 2 aromatic heterocycles. The lowest BCUT2D eigenvalue weighted by Gasteiger charge is -2.14. The molecule has 0 aliphatic heterocycles. The lowest BCUT2D eigenvalue weighted by atomic mass is 10.3. The molecule has 1 N–H and O–H groups in total. The summed E-state index contributed by atoms with van der Waals surface area (Å²) < 4.78 is 0. The highest BCUT2D eigenvalue weighted by atomic mass is 32.1. The minimum atomic E-state index is -0.870. The maximum atomic E-state index is 10.6. The first-order valence-electron chi connectivity index (χ1n) is 4.97. The number of hydrogen-bond acceptors (Lipinski definition) is 5. The van der Waals surface area contributed by atoms with Crippen molar-refractivity contribution < 1.29 is 9.90 Å². The van der Waals surface area contributed by atoms with E-state index in [1.807, 2.05) is 24.1 Å². The van der Waals surface area contributed by atoms with E-state index in [0.717, 1.165) is 10.8 Å². The van der Waals surface area contributed by atoms with Crippen LogP contribution in [0.1, 0.15) is 5.69 Å². The van der Waals surface area contributed by atoms with Crippen molar-refractivity contribution in [3.63, 3.8) is 0 Å². The van der Waals surface area contributed by atoms with Crippen LogP contribution in [0.2, 0.25) is 0 Å². The van der Waals surface area contributed by atoms with Crippen LogP contribution >= 0.6 is 11.3 Å². The van der Waals surface area contributed by atoms with Gasteiger partial charge >= 0.3 is 5.97 Å². The maximum Gasteiger partial charge on any atom is 0.309 e. The van der Waals surface area contributed by atoms with Crippen molar-refractivity contribution in [2.24, 2.45) is 0 Å². The van der Waals surface area contributed by atoms with Crippen molar-refractivity contribution in [1.29, 1.82) is 0 Å². The minimum absolute atomic E-state index is 0.0443. The Bertz CT molecular complexity index is 512. The van der Waals surface area contributed by atoms with Crippen molar-refractivity contribution in [3.05, 3.63) is 35.6 Å². The average Bonchev–Trinajstić information content (AvgIpc) is 2.77. The topological polar surface area (TPSA) is 66.3 Å². The molecule has 0 saturated heterocycles. The number of hydrogen-bond donors (Lipinski definition) is 1. The lowest BCUT2D eigenvalue weighted by molar-refractivity contribution is -0.136. The predicted octanol–water partition coefficient (Wildman–Crippen LogP) is 1.93. The van der Waals surface area contributed by atoms with Gasteiger partial charge in [0.2, 0.25) is 0 Å². The summed E-state index contributed by atoms with van der Waals surface area (Å²) in [6, 6.07) is 3.77. The normalized spacial score (nSPS) is 10.2. The largest absolute Gasteiger partial charge is 0.481 e. The Morgan fingerprint density at radius 2 is 2.41 bits per heavy atom. The van der Waals surface area contributed by atoms with Gasteiger partial charge in [0.25, 0.3) is 0 Å². The van der Waals surface area contributed by atoms with Gasteiger partial charge in [-0.25, -0.2) is 4.98 Å². The summed E-state index contributed by atoms with van der Waals surface area (Å²) in [5, 5.41) is 11.2. The van der Waals surface area contributed by atoms with E-state index >= 15 is 0 Å². The van der Waals surface area contributed by atoms with Gasteiger partial charge in [0.05, 0.1) is 24.0 Å². The van der Waals surface area contributed by atoms with E-state index in [2.05, 4.69) is 9.97 Å². The molecule has 2 rings (SSSR count). The van der Waals surface area contributed by atoms with Crippen LogP contribution < -0.4 is 4.90 Å². The standard InChI is InChI=1S/C11H11N3O2S/c1-14(9-3-2-4-12-6-9)11-13-8(7-17-11)5-10(15)16/h2-4,6-7H,5H2,1H3,(H,15,16). The lowest BCUT2D eigenvalue weighted by Crippen LogP contribution is -2.09. The highest BCUT2D eigenvalue weighted by molar-refractivity contribution is 7.13. The van der Waals surface area contributed by atoms with Gasteiger partial charge in [-0.2, -0.15) is 0 Å². The first-order valence-corrected chi connectivity index (χ1v) is 5.85. The van der Waals surface area contributed by atoms with Gasteiger partial charge in [0.15, 0.2) is 5.13 Å². The van der Waals surface area contributed by atoms with Crippen LogP contribution in [0.5, 0.6) is 0 Å². The number of aliphatic carboxylic acids is 1. The molecular weight excluding hydrogens is 238 g/mol. The van der Waals surface area contributed by atoms with Crippen molar-refractivity contribution in [3.8, 4) is 0 Å². The number of aromatic nitrogens is 2. The molecule has 0 saturated carbocycles. The number of carbonyl (C=O) groups is 1. The first-order chi connectivity index (χ1) is 8.16. The van der Waals surface area contributed by atoms with Gasteiger partial charge in [-0.05, 0) is 12.1 Å². The summed E-state index contributed by atoms with van der Waals surface area (Å²) in [6.07, 6.45) is 3.39. The second-order valence-corrected chi connectivity index (χ2v) is 4.30. The highest BCUT2D eigenvalue weighted by Gasteiger charge is 2.10. The van der Waals surface area contributed by atoms with Gasteiger partial charge in [-0.3, -0.25) is 9.78 Å².